The summed E-state index contributed by atoms with van der Waals surface area (Å²) in [6, 6.07) is 0. The number of imidazole rings is 1. The van der Waals surface area contributed by atoms with E-state index in [0.29, 0.717) is 5.69 Å². The zero-order chi connectivity index (χ0) is 10.2. The molecule has 0 saturated heterocycles. The van der Waals surface area contributed by atoms with Gasteiger partial charge in [-0.15, -0.1) is 0 Å². The average molecular weight is 258 g/mol. The summed E-state index contributed by atoms with van der Waals surface area (Å²) in [4.78, 5) is 15.7. The molecule has 0 bridgehead atoms. The molecule has 0 atom stereocenters. The van der Waals surface area contributed by atoms with Gasteiger partial charge in [0.05, 0.1) is 11.9 Å². The van der Waals surface area contributed by atoms with Crippen molar-refractivity contribution in [2.24, 2.45) is 7.05 Å². The molecule has 1 aromatic rings. The van der Waals surface area contributed by atoms with Gasteiger partial charge in [0.1, 0.15) is 5.69 Å². The second-order valence-electron chi connectivity index (χ2n) is 3.79. The van der Waals surface area contributed by atoms with Gasteiger partial charge in [0.2, 0.25) is 0 Å². The van der Waals surface area contributed by atoms with E-state index in [1.807, 2.05) is 7.05 Å². The molecule has 1 fully saturated rings. The molecule has 76 valence electrons. The fourth-order valence-electron chi connectivity index (χ4n) is 1.28. The highest BCUT2D eigenvalue weighted by molar-refractivity contribution is 9.09. The molecule has 1 saturated carbocycles. The maximum atomic E-state index is 11.7. The van der Waals surface area contributed by atoms with Crippen LogP contribution >= 0.6 is 15.9 Å². The van der Waals surface area contributed by atoms with E-state index in [-0.39, 0.29) is 11.4 Å². The van der Waals surface area contributed by atoms with E-state index in [4.69, 9.17) is 0 Å². The SMILES string of the molecule is Cn1cnc(C(=O)NC2(CBr)CC2)c1. The quantitative estimate of drug-likeness (QED) is 0.824. The van der Waals surface area contributed by atoms with E-state index >= 15 is 0 Å². The minimum Gasteiger partial charge on any atom is -0.344 e. The molecule has 0 unspecified atom stereocenters. The standard InChI is InChI=1S/C9H12BrN3O/c1-13-4-7(11-6-13)8(14)12-9(5-10)2-3-9/h4,6H,2-3,5H2,1H3,(H,12,14). The molecule has 0 aliphatic heterocycles. The zero-order valence-corrected chi connectivity index (χ0v) is 9.54. The van der Waals surface area contributed by atoms with E-state index in [1.54, 1.807) is 17.1 Å². The molecule has 4 nitrogen and oxygen atoms in total. The first-order valence-corrected chi connectivity index (χ1v) is 5.64. The summed E-state index contributed by atoms with van der Waals surface area (Å²) in [7, 11) is 1.85. The Morgan fingerprint density at radius 2 is 2.50 bits per heavy atom. The van der Waals surface area contributed by atoms with Crippen molar-refractivity contribution in [2.75, 3.05) is 5.33 Å². The van der Waals surface area contributed by atoms with Crippen molar-refractivity contribution < 1.29 is 4.79 Å². The number of aromatic nitrogens is 2. The molecule has 0 spiro atoms. The smallest absolute Gasteiger partial charge is 0.271 e. The van der Waals surface area contributed by atoms with Crippen LogP contribution in [0.25, 0.3) is 0 Å². The lowest BCUT2D eigenvalue weighted by molar-refractivity contribution is 0.0932. The highest BCUT2D eigenvalue weighted by atomic mass is 79.9. The van der Waals surface area contributed by atoms with Crippen LogP contribution in [0.1, 0.15) is 23.3 Å². The molecule has 2 rings (SSSR count). The number of hydrogen-bond acceptors (Lipinski definition) is 2. The predicted molar refractivity (Wildman–Crippen MR) is 56.4 cm³/mol. The van der Waals surface area contributed by atoms with Gasteiger partial charge in [0.15, 0.2) is 0 Å². The Morgan fingerprint density at radius 3 is 2.93 bits per heavy atom. The lowest BCUT2D eigenvalue weighted by Gasteiger charge is -2.12. The number of hydrogen-bond donors (Lipinski definition) is 1. The van der Waals surface area contributed by atoms with Gasteiger partial charge in [-0.3, -0.25) is 4.79 Å². The molecule has 1 aliphatic carbocycles. The summed E-state index contributed by atoms with van der Waals surface area (Å²) < 4.78 is 1.77. The Labute approximate surface area is 90.8 Å². The minimum absolute atomic E-state index is 0.00535. The van der Waals surface area contributed by atoms with Gasteiger partial charge in [0.25, 0.3) is 5.91 Å². The third-order valence-electron chi connectivity index (χ3n) is 2.43. The fourth-order valence-corrected chi connectivity index (χ4v) is 1.98. The van der Waals surface area contributed by atoms with Gasteiger partial charge in [-0.1, -0.05) is 15.9 Å². The number of aryl methyl sites for hydroxylation is 1. The van der Waals surface area contributed by atoms with Crippen LogP contribution in [-0.4, -0.2) is 26.3 Å². The molecule has 0 radical (unpaired) electrons. The monoisotopic (exact) mass is 257 g/mol. The lowest BCUT2D eigenvalue weighted by Crippen LogP contribution is -2.38. The topological polar surface area (TPSA) is 46.9 Å². The van der Waals surface area contributed by atoms with Gasteiger partial charge in [-0.2, -0.15) is 0 Å². The van der Waals surface area contributed by atoms with Crippen molar-refractivity contribution in [3.63, 3.8) is 0 Å². The number of amides is 1. The van der Waals surface area contributed by atoms with Crippen LogP contribution in [0.3, 0.4) is 0 Å². The van der Waals surface area contributed by atoms with Crippen molar-refractivity contribution in [1.29, 1.82) is 0 Å². The molecule has 14 heavy (non-hydrogen) atoms. The Morgan fingerprint density at radius 1 is 1.79 bits per heavy atom. The van der Waals surface area contributed by atoms with E-state index in [2.05, 4.69) is 26.2 Å². The summed E-state index contributed by atoms with van der Waals surface area (Å²) >= 11 is 3.40. The number of nitrogens with one attached hydrogen (secondary N) is 1. The van der Waals surface area contributed by atoms with Crippen LogP contribution in [0.5, 0.6) is 0 Å². The van der Waals surface area contributed by atoms with Crippen molar-refractivity contribution >= 4 is 21.8 Å². The van der Waals surface area contributed by atoms with Gasteiger partial charge in [-0.25, -0.2) is 4.98 Å². The number of carbonyl (C=O) groups excluding carboxylic acids is 1. The summed E-state index contributed by atoms with van der Waals surface area (Å²) in [5, 5.41) is 3.80. The molecule has 1 aromatic heterocycles. The number of nitrogens with zero attached hydrogens (tertiary/aromatic N) is 2. The van der Waals surface area contributed by atoms with Gasteiger partial charge in [-0.05, 0) is 12.8 Å². The van der Waals surface area contributed by atoms with Crippen LogP contribution in [0, 0.1) is 0 Å². The average Bonchev–Trinajstić information content (AvgIpc) is 2.80. The van der Waals surface area contributed by atoms with E-state index < -0.39 is 0 Å². The third-order valence-corrected chi connectivity index (χ3v) is 3.50. The first kappa shape index (κ1) is 9.71. The predicted octanol–water partition coefficient (Wildman–Crippen LogP) is 1.08. The van der Waals surface area contributed by atoms with E-state index in [9.17, 15) is 4.79 Å². The summed E-state index contributed by atoms with van der Waals surface area (Å²) in [6.07, 6.45) is 5.45. The maximum absolute atomic E-state index is 11.7. The highest BCUT2D eigenvalue weighted by Crippen LogP contribution is 2.37. The largest absolute Gasteiger partial charge is 0.344 e. The molecule has 1 heterocycles. The molecular weight excluding hydrogens is 246 g/mol. The number of alkyl halides is 1. The first-order valence-electron chi connectivity index (χ1n) is 4.52. The first-order chi connectivity index (χ1) is 6.65. The van der Waals surface area contributed by atoms with Crippen LogP contribution in [-0.2, 0) is 7.05 Å². The second kappa shape index (κ2) is 3.38. The Kier molecular flexibility index (Phi) is 2.34. The number of rotatable bonds is 3. The molecule has 1 amide bonds. The van der Waals surface area contributed by atoms with E-state index in [0.717, 1.165) is 18.2 Å². The molecule has 0 aromatic carbocycles. The summed E-state index contributed by atoms with van der Waals surface area (Å²) in [6.45, 7) is 0. The van der Waals surface area contributed by atoms with Crippen molar-refractivity contribution in [2.45, 2.75) is 18.4 Å². The fraction of sp³-hybridized carbons (Fsp3) is 0.556. The second-order valence-corrected chi connectivity index (χ2v) is 4.35. The van der Waals surface area contributed by atoms with Gasteiger partial charge in [0, 0.05) is 18.6 Å². The van der Waals surface area contributed by atoms with Crippen molar-refractivity contribution in [3.05, 3.63) is 18.2 Å². The molecule has 1 N–H and O–H groups in total. The minimum atomic E-state index is -0.0810. The number of halogens is 1. The highest BCUT2D eigenvalue weighted by Gasteiger charge is 2.43. The molecular formula is C9H12BrN3O. The van der Waals surface area contributed by atoms with Crippen LogP contribution in [0.2, 0.25) is 0 Å². The van der Waals surface area contributed by atoms with Crippen LogP contribution in [0.4, 0.5) is 0 Å². The maximum Gasteiger partial charge on any atom is 0.271 e. The van der Waals surface area contributed by atoms with E-state index in [1.165, 1.54) is 0 Å². The van der Waals surface area contributed by atoms with Crippen LogP contribution < -0.4 is 5.32 Å². The summed E-state index contributed by atoms with van der Waals surface area (Å²) in [5.74, 6) is -0.0810. The van der Waals surface area contributed by atoms with Crippen molar-refractivity contribution in [1.82, 2.24) is 14.9 Å². The van der Waals surface area contributed by atoms with Gasteiger partial charge < -0.3 is 9.88 Å². The normalized spacial score (nSPS) is 17.9. The lowest BCUT2D eigenvalue weighted by atomic mass is 10.3. The molecule has 1 aliphatic rings. The Balaban J connectivity index is 2.03. The Bertz CT molecular complexity index is 357. The van der Waals surface area contributed by atoms with Crippen molar-refractivity contribution in [3.8, 4) is 0 Å². The van der Waals surface area contributed by atoms with Crippen LogP contribution in [0.15, 0.2) is 12.5 Å². The Hall–Kier alpha value is -0.840. The number of carbonyl (C=O) groups is 1. The van der Waals surface area contributed by atoms with Gasteiger partial charge >= 0.3 is 0 Å². The summed E-state index contributed by atoms with van der Waals surface area (Å²) in [5.41, 5.74) is 0.481. The zero-order valence-electron chi connectivity index (χ0n) is 7.96. The molecule has 5 heteroatoms. The third kappa shape index (κ3) is 1.82.